The Morgan fingerprint density at radius 3 is 2.68 bits per heavy atom. The molecule has 0 saturated heterocycles. The first-order chi connectivity index (χ1) is 10.6. The van der Waals surface area contributed by atoms with E-state index < -0.39 is 0 Å². The highest BCUT2D eigenvalue weighted by atomic mass is 16.3. The molecule has 0 spiro atoms. The summed E-state index contributed by atoms with van der Waals surface area (Å²) in [5.74, 6) is -0.256. The van der Waals surface area contributed by atoms with Crippen molar-refractivity contribution in [2.45, 2.75) is 19.8 Å². The number of hydrogen-bond donors (Lipinski definition) is 3. The van der Waals surface area contributed by atoms with Gasteiger partial charge < -0.3 is 20.8 Å². The van der Waals surface area contributed by atoms with Crippen molar-refractivity contribution in [1.82, 2.24) is 0 Å². The van der Waals surface area contributed by atoms with Crippen LogP contribution in [0.3, 0.4) is 0 Å². The predicted octanol–water partition coefficient (Wildman–Crippen LogP) is 2.38. The molecule has 6 nitrogen and oxygen atoms in total. The first kappa shape index (κ1) is 15.8. The van der Waals surface area contributed by atoms with Gasteiger partial charge in [-0.2, -0.15) is 0 Å². The molecule has 2 amide bonds. The Hall–Kier alpha value is -2.60. The smallest absolute Gasteiger partial charge is 0.291 e. The van der Waals surface area contributed by atoms with Gasteiger partial charge in [0.25, 0.3) is 5.91 Å². The summed E-state index contributed by atoms with van der Waals surface area (Å²) in [6.45, 7) is 2.29. The number of carbonyl (C=O) groups is 2. The lowest BCUT2D eigenvalue weighted by Gasteiger charge is -2.12. The molecule has 2 rings (SSSR count). The molecule has 2 aromatic rings. The summed E-state index contributed by atoms with van der Waals surface area (Å²) in [5.41, 5.74) is 7.63. The van der Waals surface area contributed by atoms with Crippen molar-refractivity contribution in [2.75, 3.05) is 17.2 Å². The number of anilines is 2. The van der Waals surface area contributed by atoms with Gasteiger partial charge in [-0.05, 0) is 36.2 Å². The van der Waals surface area contributed by atoms with Crippen molar-refractivity contribution in [3.63, 3.8) is 0 Å². The molecule has 0 atom stereocenters. The van der Waals surface area contributed by atoms with Crippen LogP contribution in [0.25, 0.3) is 0 Å². The minimum Gasteiger partial charge on any atom is -0.459 e. The van der Waals surface area contributed by atoms with Crippen molar-refractivity contribution in [3.8, 4) is 0 Å². The van der Waals surface area contributed by atoms with Gasteiger partial charge >= 0.3 is 0 Å². The number of carbonyl (C=O) groups excluding carboxylic acids is 2. The van der Waals surface area contributed by atoms with Crippen LogP contribution in [0.4, 0.5) is 11.4 Å². The second kappa shape index (κ2) is 7.42. The average Bonchev–Trinajstić information content (AvgIpc) is 3.02. The molecule has 0 fully saturated rings. The van der Waals surface area contributed by atoms with Crippen molar-refractivity contribution < 1.29 is 14.0 Å². The first-order valence-corrected chi connectivity index (χ1v) is 7.11. The second-order valence-electron chi connectivity index (χ2n) is 4.74. The van der Waals surface area contributed by atoms with Crippen LogP contribution in [-0.4, -0.2) is 18.4 Å². The lowest BCUT2D eigenvalue weighted by Crippen LogP contribution is -2.17. The van der Waals surface area contributed by atoms with E-state index >= 15 is 0 Å². The summed E-state index contributed by atoms with van der Waals surface area (Å²) in [5, 5.41) is 5.55. The van der Waals surface area contributed by atoms with Crippen molar-refractivity contribution in [1.29, 1.82) is 0 Å². The SMILES string of the molecule is CCc1ccc(NC(=O)c2ccco2)cc1NC(=O)CCN. The van der Waals surface area contributed by atoms with E-state index in [9.17, 15) is 9.59 Å². The molecule has 116 valence electrons. The Bertz CT molecular complexity index is 651. The average molecular weight is 301 g/mol. The fraction of sp³-hybridized carbons (Fsp3) is 0.250. The van der Waals surface area contributed by atoms with Crippen molar-refractivity contribution >= 4 is 23.2 Å². The zero-order valence-corrected chi connectivity index (χ0v) is 12.4. The van der Waals surface area contributed by atoms with E-state index in [1.807, 2.05) is 13.0 Å². The van der Waals surface area contributed by atoms with E-state index in [2.05, 4.69) is 10.6 Å². The second-order valence-corrected chi connectivity index (χ2v) is 4.74. The Kier molecular flexibility index (Phi) is 5.32. The fourth-order valence-electron chi connectivity index (χ4n) is 2.02. The topological polar surface area (TPSA) is 97.4 Å². The van der Waals surface area contributed by atoms with Gasteiger partial charge in [-0.15, -0.1) is 0 Å². The maximum atomic E-state index is 12.0. The third kappa shape index (κ3) is 3.95. The highest BCUT2D eigenvalue weighted by Crippen LogP contribution is 2.22. The number of hydrogen-bond acceptors (Lipinski definition) is 4. The number of aryl methyl sites for hydroxylation is 1. The summed E-state index contributed by atoms with van der Waals surface area (Å²) in [4.78, 5) is 23.7. The van der Waals surface area contributed by atoms with Crippen molar-refractivity contribution in [3.05, 3.63) is 47.9 Å². The lowest BCUT2D eigenvalue weighted by atomic mass is 10.1. The van der Waals surface area contributed by atoms with Gasteiger partial charge in [0.15, 0.2) is 5.76 Å². The zero-order chi connectivity index (χ0) is 15.9. The molecule has 0 aliphatic rings. The lowest BCUT2D eigenvalue weighted by molar-refractivity contribution is -0.116. The summed E-state index contributed by atoms with van der Waals surface area (Å²) in [7, 11) is 0. The van der Waals surface area contributed by atoms with Gasteiger partial charge in [0.05, 0.1) is 6.26 Å². The van der Waals surface area contributed by atoms with Crippen LogP contribution in [0.5, 0.6) is 0 Å². The van der Waals surface area contributed by atoms with E-state index in [-0.39, 0.29) is 24.0 Å². The third-order valence-corrected chi connectivity index (χ3v) is 3.14. The van der Waals surface area contributed by atoms with Crippen LogP contribution < -0.4 is 16.4 Å². The number of nitrogens with one attached hydrogen (secondary N) is 2. The molecule has 0 bridgehead atoms. The molecule has 1 heterocycles. The van der Waals surface area contributed by atoms with Gasteiger partial charge in [0.2, 0.25) is 5.91 Å². The molecule has 0 radical (unpaired) electrons. The Morgan fingerprint density at radius 2 is 2.05 bits per heavy atom. The Labute approximate surface area is 128 Å². The highest BCUT2D eigenvalue weighted by molar-refractivity contribution is 6.02. The van der Waals surface area contributed by atoms with Crippen LogP contribution in [0.1, 0.15) is 29.5 Å². The molecular weight excluding hydrogens is 282 g/mol. The summed E-state index contributed by atoms with van der Waals surface area (Å²) in [6.07, 6.45) is 2.46. The number of furan rings is 1. The molecule has 1 aromatic heterocycles. The third-order valence-electron chi connectivity index (χ3n) is 3.14. The Morgan fingerprint density at radius 1 is 1.23 bits per heavy atom. The maximum absolute atomic E-state index is 12.0. The van der Waals surface area contributed by atoms with E-state index in [1.54, 1.807) is 24.3 Å². The first-order valence-electron chi connectivity index (χ1n) is 7.11. The van der Waals surface area contributed by atoms with Crippen LogP contribution >= 0.6 is 0 Å². The highest BCUT2D eigenvalue weighted by Gasteiger charge is 2.11. The fourth-order valence-corrected chi connectivity index (χ4v) is 2.02. The van der Waals surface area contributed by atoms with E-state index in [0.717, 1.165) is 12.0 Å². The van der Waals surface area contributed by atoms with Crippen LogP contribution in [0.15, 0.2) is 41.0 Å². The van der Waals surface area contributed by atoms with Gasteiger partial charge in [0.1, 0.15) is 0 Å². The molecule has 0 unspecified atom stereocenters. The molecule has 6 heteroatoms. The number of amides is 2. The van der Waals surface area contributed by atoms with Gasteiger partial charge in [-0.3, -0.25) is 9.59 Å². The molecule has 4 N–H and O–H groups in total. The minimum absolute atomic E-state index is 0.147. The van der Waals surface area contributed by atoms with Gasteiger partial charge in [-0.25, -0.2) is 0 Å². The monoisotopic (exact) mass is 301 g/mol. The molecule has 22 heavy (non-hydrogen) atoms. The summed E-state index contributed by atoms with van der Waals surface area (Å²) in [6, 6.07) is 8.62. The number of nitrogens with two attached hydrogens (primary N) is 1. The van der Waals surface area contributed by atoms with Crippen molar-refractivity contribution in [2.24, 2.45) is 5.73 Å². The van der Waals surface area contributed by atoms with E-state index in [0.29, 0.717) is 17.9 Å². The molecule has 0 aliphatic heterocycles. The zero-order valence-electron chi connectivity index (χ0n) is 12.4. The van der Waals surface area contributed by atoms with E-state index in [4.69, 9.17) is 10.2 Å². The number of benzene rings is 1. The van der Waals surface area contributed by atoms with Gasteiger partial charge in [0, 0.05) is 24.3 Å². The molecule has 0 saturated carbocycles. The molecule has 1 aromatic carbocycles. The maximum Gasteiger partial charge on any atom is 0.291 e. The minimum atomic E-state index is -0.339. The quantitative estimate of drug-likeness (QED) is 0.763. The van der Waals surface area contributed by atoms with Crippen LogP contribution in [0, 0.1) is 0 Å². The molecular formula is C16H19N3O3. The largest absolute Gasteiger partial charge is 0.459 e. The predicted molar refractivity (Wildman–Crippen MR) is 84.8 cm³/mol. The van der Waals surface area contributed by atoms with E-state index in [1.165, 1.54) is 6.26 Å². The Balaban J connectivity index is 2.15. The summed E-state index contributed by atoms with van der Waals surface area (Å²) < 4.78 is 5.04. The standard InChI is InChI=1S/C16H19N3O3/c1-2-11-5-6-12(10-13(11)19-15(20)7-8-17)18-16(21)14-4-3-9-22-14/h3-6,9-10H,2,7-8,17H2,1H3,(H,18,21)(H,19,20). The molecule has 0 aliphatic carbocycles. The van der Waals surface area contributed by atoms with Crippen LogP contribution in [-0.2, 0) is 11.2 Å². The van der Waals surface area contributed by atoms with Gasteiger partial charge in [-0.1, -0.05) is 13.0 Å². The van der Waals surface area contributed by atoms with Crippen LogP contribution in [0.2, 0.25) is 0 Å². The summed E-state index contributed by atoms with van der Waals surface area (Å²) >= 11 is 0. The number of rotatable bonds is 6. The normalized spacial score (nSPS) is 10.3.